The van der Waals surface area contributed by atoms with Crippen LogP contribution in [0.5, 0.6) is 0 Å². The number of hydrogen-bond donors (Lipinski definition) is 0. The van der Waals surface area contributed by atoms with Crippen LogP contribution in [0.4, 0.5) is 0 Å². The maximum Gasteiger partial charge on any atom is 0.289 e. The van der Waals surface area contributed by atoms with E-state index in [1.165, 1.54) is 5.56 Å². The number of fused-ring (bicyclic) bond motifs is 1. The summed E-state index contributed by atoms with van der Waals surface area (Å²) in [6.07, 6.45) is 4.66. The van der Waals surface area contributed by atoms with Crippen LogP contribution in [0.1, 0.15) is 21.7 Å². The molecule has 0 saturated carbocycles. The predicted octanol–water partition coefficient (Wildman–Crippen LogP) is 4.21. The molecule has 3 aromatic rings. The molecule has 0 unspecified atom stereocenters. The molecule has 1 aromatic carbocycles. The van der Waals surface area contributed by atoms with E-state index in [0.717, 1.165) is 37.0 Å². The van der Waals surface area contributed by atoms with Gasteiger partial charge in [-0.2, -0.15) is 0 Å². The van der Waals surface area contributed by atoms with Crippen molar-refractivity contribution in [2.45, 2.75) is 13.3 Å². The van der Waals surface area contributed by atoms with Gasteiger partial charge >= 0.3 is 0 Å². The molecule has 7 heteroatoms. The standard InChI is InChI=1S/C21H22ClN3O2.ClH/c1-15-18-14-17(22)2-3-19(18)27-20(15)21(26)25-12-10-24(11-13-25)9-6-16-4-7-23-8-5-16;/h2-5,7-8,14H,6,9-13H2,1H3;1H. The third-order valence-corrected chi connectivity index (χ3v) is 5.45. The second-order valence-corrected chi connectivity index (χ2v) is 7.37. The Balaban J connectivity index is 0.00000225. The topological polar surface area (TPSA) is 49.6 Å². The number of nitrogens with zero attached hydrogens (tertiary/aromatic N) is 3. The average molecular weight is 420 g/mol. The van der Waals surface area contributed by atoms with Gasteiger partial charge in [-0.3, -0.25) is 14.7 Å². The Bertz CT molecular complexity index is 951. The molecule has 1 amide bonds. The van der Waals surface area contributed by atoms with Crippen molar-refractivity contribution in [3.8, 4) is 0 Å². The molecule has 0 aliphatic carbocycles. The van der Waals surface area contributed by atoms with E-state index < -0.39 is 0 Å². The van der Waals surface area contributed by atoms with Crippen LogP contribution in [-0.4, -0.2) is 53.4 Å². The summed E-state index contributed by atoms with van der Waals surface area (Å²) in [6, 6.07) is 9.55. The Morgan fingerprint density at radius 1 is 1.14 bits per heavy atom. The molecule has 5 nitrogen and oxygen atoms in total. The lowest BCUT2D eigenvalue weighted by Gasteiger charge is -2.34. The highest BCUT2D eigenvalue weighted by Gasteiger charge is 2.26. The number of carbonyl (C=O) groups excluding carboxylic acids is 1. The number of benzene rings is 1. The van der Waals surface area contributed by atoms with E-state index in [2.05, 4.69) is 22.0 Å². The number of rotatable bonds is 4. The van der Waals surface area contributed by atoms with Crippen LogP contribution in [0.3, 0.4) is 0 Å². The molecule has 1 fully saturated rings. The van der Waals surface area contributed by atoms with Crippen molar-refractivity contribution >= 4 is 40.9 Å². The summed E-state index contributed by atoms with van der Waals surface area (Å²) in [5.74, 6) is 0.395. The number of aromatic nitrogens is 1. The Morgan fingerprint density at radius 3 is 2.57 bits per heavy atom. The van der Waals surface area contributed by atoms with Crippen molar-refractivity contribution in [3.63, 3.8) is 0 Å². The van der Waals surface area contributed by atoms with Crippen LogP contribution >= 0.6 is 24.0 Å². The average Bonchev–Trinajstić information content (AvgIpc) is 3.03. The van der Waals surface area contributed by atoms with Crippen LogP contribution in [0, 0.1) is 6.92 Å². The summed E-state index contributed by atoms with van der Waals surface area (Å²) >= 11 is 6.07. The van der Waals surface area contributed by atoms with Crippen LogP contribution in [0.25, 0.3) is 11.0 Å². The van der Waals surface area contributed by atoms with E-state index in [4.69, 9.17) is 16.0 Å². The van der Waals surface area contributed by atoms with E-state index in [1.54, 1.807) is 6.07 Å². The Kier molecular flexibility index (Phi) is 6.60. The van der Waals surface area contributed by atoms with Crippen molar-refractivity contribution in [2.75, 3.05) is 32.7 Å². The largest absolute Gasteiger partial charge is 0.451 e. The number of halogens is 2. The summed E-state index contributed by atoms with van der Waals surface area (Å²) in [5, 5.41) is 1.55. The number of pyridine rings is 1. The monoisotopic (exact) mass is 419 g/mol. The van der Waals surface area contributed by atoms with Gasteiger partial charge in [-0.25, -0.2) is 0 Å². The number of piperazine rings is 1. The molecular weight excluding hydrogens is 397 g/mol. The SMILES string of the molecule is Cc1c(C(=O)N2CCN(CCc3ccncc3)CC2)oc2ccc(Cl)cc12.Cl. The molecule has 1 aliphatic heterocycles. The van der Waals surface area contributed by atoms with E-state index in [-0.39, 0.29) is 18.3 Å². The van der Waals surface area contributed by atoms with Gasteiger partial charge in [-0.05, 0) is 49.2 Å². The van der Waals surface area contributed by atoms with Gasteiger partial charge in [0.15, 0.2) is 5.76 Å². The fourth-order valence-corrected chi connectivity index (χ4v) is 3.72. The number of carbonyl (C=O) groups is 1. The molecule has 0 radical (unpaired) electrons. The van der Waals surface area contributed by atoms with E-state index >= 15 is 0 Å². The molecule has 0 N–H and O–H groups in total. The molecule has 3 heterocycles. The highest BCUT2D eigenvalue weighted by Crippen LogP contribution is 2.28. The highest BCUT2D eigenvalue weighted by atomic mass is 35.5. The number of furan rings is 1. The zero-order valence-corrected chi connectivity index (χ0v) is 17.3. The third kappa shape index (κ3) is 4.32. The molecule has 1 aliphatic rings. The van der Waals surface area contributed by atoms with E-state index in [1.807, 2.05) is 36.4 Å². The van der Waals surface area contributed by atoms with Gasteiger partial charge in [0.2, 0.25) is 0 Å². The molecule has 0 spiro atoms. The maximum absolute atomic E-state index is 12.9. The van der Waals surface area contributed by atoms with Crippen LogP contribution < -0.4 is 0 Å². The Labute approximate surface area is 175 Å². The normalized spacial score (nSPS) is 14.9. The molecule has 0 atom stereocenters. The first-order chi connectivity index (χ1) is 13.1. The summed E-state index contributed by atoms with van der Waals surface area (Å²) in [4.78, 5) is 21.3. The van der Waals surface area contributed by atoms with Gasteiger partial charge in [-0.1, -0.05) is 11.6 Å². The van der Waals surface area contributed by atoms with E-state index in [9.17, 15) is 4.79 Å². The van der Waals surface area contributed by atoms with Gasteiger partial charge in [0.25, 0.3) is 5.91 Å². The molecule has 1 saturated heterocycles. The van der Waals surface area contributed by atoms with Crippen molar-refractivity contribution in [3.05, 3.63) is 64.6 Å². The van der Waals surface area contributed by atoms with Crippen molar-refractivity contribution in [2.24, 2.45) is 0 Å². The minimum atomic E-state index is -0.0337. The van der Waals surface area contributed by atoms with Crippen LogP contribution in [0.2, 0.25) is 5.02 Å². The number of amides is 1. The summed E-state index contributed by atoms with van der Waals surface area (Å²) < 4.78 is 5.83. The lowest BCUT2D eigenvalue weighted by Crippen LogP contribution is -2.49. The molecule has 28 heavy (non-hydrogen) atoms. The summed E-state index contributed by atoms with van der Waals surface area (Å²) in [5.41, 5.74) is 2.86. The second kappa shape index (κ2) is 8.95. The van der Waals surface area contributed by atoms with Gasteiger partial charge < -0.3 is 9.32 Å². The first-order valence-corrected chi connectivity index (χ1v) is 9.59. The lowest BCUT2D eigenvalue weighted by atomic mass is 10.1. The number of aryl methyl sites for hydroxylation is 1. The summed E-state index contributed by atoms with van der Waals surface area (Å²) in [6.45, 7) is 6.09. The Hall–Kier alpha value is -2.08. The fraction of sp³-hybridized carbons (Fsp3) is 0.333. The first kappa shape index (κ1) is 20.6. The first-order valence-electron chi connectivity index (χ1n) is 9.21. The molecule has 4 rings (SSSR count). The second-order valence-electron chi connectivity index (χ2n) is 6.94. The maximum atomic E-state index is 12.9. The third-order valence-electron chi connectivity index (χ3n) is 5.22. The van der Waals surface area contributed by atoms with Gasteiger partial charge in [0, 0.05) is 61.1 Å². The molecule has 148 valence electrons. The van der Waals surface area contributed by atoms with Gasteiger partial charge in [0.1, 0.15) is 5.58 Å². The highest BCUT2D eigenvalue weighted by molar-refractivity contribution is 6.31. The predicted molar refractivity (Wildman–Crippen MR) is 113 cm³/mol. The smallest absolute Gasteiger partial charge is 0.289 e. The molecule has 0 bridgehead atoms. The van der Waals surface area contributed by atoms with Crippen molar-refractivity contribution in [1.29, 1.82) is 0 Å². The van der Waals surface area contributed by atoms with Crippen molar-refractivity contribution in [1.82, 2.24) is 14.8 Å². The zero-order chi connectivity index (χ0) is 18.8. The van der Waals surface area contributed by atoms with Gasteiger partial charge in [-0.15, -0.1) is 12.4 Å². The minimum absolute atomic E-state index is 0. The lowest BCUT2D eigenvalue weighted by molar-refractivity contribution is 0.0609. The minimum Gasteiger partial charge on any atom is -0.451 e. The fourth-order valence-electron chi connectivity index (χ4n) is 3.55. The van der Waals surface area contributed by atoms with E-state index in [0.29, 0.717) is 29.5 Å². The quantitative estimate of drug-likeness (QED) is 0.635. The number of hydrogen-bond acceptors (Lipinski definition) is 4. The summed E-state index contributed by atoms with van der Waals surface area (Å²) in [7, 11) is 0. The molecule has 2 aromatic heterocycles. The van der Waals surface area contributed by atoms with Crippen molar-refractivity contribution < 1.29 is 9.21 Å². The zero-order valence-electron chi connectivity index (χ0n) is 15.7. The van der Waals surface area contributed by atoms with Crippen LogP contribution in [0.15, 0.2) is 47.1 Å². The van der Waals surface area contributed by atoms with Crippen LogP contribution in [-0.2, 0) is 6.42 Å². The van der Waals surface area contributed by atoms with Gasteiger partial charge in [0.05, 0.1) is 0 Å². The molecular formula is C21H23Cl2N3O2. The Morgan fingerprint density at radius 2 is 1.86 bits per heavy atom.